The van der Waals surface area contributed by atoms with E-state index in [1.54, 1.807) is 12.1 Å². The topological polar surface area (TPSA) is 58.6 Å². The molecule has 0 radical (unpaired) electrons. The lowest BCUT2D eigenvalue weighted by atomic mass is 9.54. The lowest BCUT2D eigenvalue weighted by Gasteiger charge is -2.55. The molecule has 1 aromatic rings. The van der Waals surface area contributed by atoms with Crippen LogP contribution in [-0.2, 0) is 4.79 Å². The Bertz CT molecular complexity index is 949. The molecule has 3 aliphatic carbocycles. The average Bonchev–Trinajstić information content (AvgIpc) is 3.07. The van der Waals surface area contributed by atoms with Crippen LogP contribution in [0.25, 0.3) is 0 Å². The number of para-hydroxylation sites is 1. The van der Waals surface area contributed by atoms with Gasteiger partial charge in [0.25, 0.3) is 0 Å². The Balaban J connectivity index is 1.32. The zero-order chi connectivity index (χ0) is 22.5. The van der Waals surface area contributed by atoms with Gasteiger partial charge in [0.2, 0.25) is 5.91 Å². The van der Waals surface area contributed by atoms with Crippen LogP contribution in [0.4, 0.5) is 4.79 Å². The normalized spacial score (nSPS) is 38.3. The molecule has 1 spiro atoms. The summed E-state index contributed by atoms with van der Waals surface area (Å²) in [7, 11) is 1.97. The molecule has 0 aromatic heterocycles. The van der Waals surface area contributed by atoms with Crippen molar-refractivity contribution >= 4 is 23.6 Å². The number of hydrogen-bond donors (Lipinski definition) is 1. The molecule has 3 fully saturated rings. The number of nitrogens with zero attached hydrogens (tertiary/aromatic N) is 1. The molecule has 2 amide bonds. The SMILES string of the molecule is CN1C(=O)C=C[C@@]23CCC[C@]4(C)[C@@H](NC(=O)Oc5ccccc5Cl)CC[C@H]4[C@H](CC[C@@H]12)C3. The number of amides is 2. The highest BCUT2D eigenvalue weighted by atomic mass is 35.5. The molecule has 1 heterocycles. The highest BCUT2D eigenvalue weighted by Crippen LogP contribution is 2.60. The van der Waals surface area contributed by atoms with Crippen LogP contribution in [0.2, 0.25) is 5.02 Å². The van der Waals surface area contributed by atoms with Crippen LogP contribution in [-0.4, -0.2) is 36.0 Å². The van der Waals surface area contributed by atoms with Gasteiger partial charge in [-0.15, -0.1) is 0 Å². The summed E-state index contributed by atoms with van der Waals surface area (Å²) in [5.74, 6) is 1.76. The van der Waals surface area contributed by atoms with Gasteiger partial charge in [-0.25, -0.2) is 4.79 Å². The van der Waals surface area contributed by atoms with Crippen molar-refractivity contribution in [1.29, 1.82) is 0 Å². The van der Waals surface area contributed by atoms with Gasteiger partial charge in [-0.3, -0.25) is 4.79 Å². The predicted molar refractivity (Wildman–Crippen MR) is 125 cm³/mol. The summed E-state index contributed by atoms with van der Waals surface area (Å²) in [6, 6.07) is 7.52. The van der Waals surface area contributed by atoms with E-state index < -0.39 is 6.09 Å². The molecule has 172 valence electrons. The van der Waals surface area contributed by atoms with E-state index in [1.165, 1.54) is 0 Å². The van der Waals surface area contributed by atoms with E-state index in [9.17, 15) is 9.59 Å². The minimum absolute atomic E-state index is 0.0682. The van der Waals surface area contributed by atoms with E-state index in [0.717, 1.165) is 51.4 Å². The third kappa shape index (κ3) is 3.53. The van der Waals surface area contributed by atoms with E-state index in [4.69, 9.17) is 16.3 Å². The van der Waals surface area contributed by atoms with E-state index in [1.807, 2.05) is 30.2 Å². The second-order valence-electron chi connectivity index (χ2n) is 10.6. The molecular formula is C26H33ClN2O3. The fourth-order valence-electron chi connectivity index (χ4n) is 7.58. The van der Waals surface area contributed by atoms with Crippen molar-refractivity contribution in [2.45, 2.75) is 70.4 Å². The number of halogens is 1. The molecule has 1 aliphatic heterocycles. The summed E-state index contributed by atoms with van der Waals surface area (Å²) in [5.41, 5.74) is 0.195. The minimum Gasteiger partial charge on any atom is -0.409 e. The smallest absolute Gasteiger partial charge is 0.409 e. The molecular weight excluding hydrogens is 424 g/mol. The molecule has 0 saturated heterocycles. The largest absolute Gasteiger partial charge is 0.412 e. The first kappa shape index (κ1) is 21.8. The number of ether oxygens (including phenoxy) is 1. The summed E-state index contributed by atoms with van der Waals surface area (Å²) in [6.45, 7) is 2.38. The average molecular weight is 457 g/mol. The van der Waals surface area contributed by atoms with Crippen molar-refractivity contribution in [1.82, 2.24) is 10.2 Å². The Hall–Kier alpha value is -2.01. The van der Waals surface area contributed by atoms with Crippen molar-refractivity contribution in [2.24, 2.45) is 22.7 Å². The van der Waals surface area contributed by atoms with Crippen LogP contribution >= 0.6 is 11.6 Å². The van der Waals surface area contributed by atoms with Gasteiger partial charge in [-0.05, 0) is 80.4 Å². The number of hydrogen-bond acceptors (Lipinski definition) is 3. The standard InChI is InChI=1S/C26H33ClN2O3/c1-25-13-5-14-26-15-12-23(30)29(2)22(26)11-8-17(16-26)18(25)9-10-21(25)28-24(31)32-20-7-4-3-6-19(20)27/h3-4,6-7,12,15,17-18,21-22H,5,8-11,13-14,16H2,1-2H3,(H,28,31)/t17-,18+,21+,22-,25+,26-/m1/s1. The van der Waals surface area contributed by atoms with Gasteiger partial charge in [-0.1, -0.05) is 43.2 Å². The van der Waals surface area contributed by atoms with Crippen LogP contribution < -0.4 is 10.1 Å². The maximum absolute atomic E-state index is 12.7. The summed E-state index contributed by atoms with van der Waals surface area (Å²) in [6.07, 6.45) is 12.5. The third-order valence-electron chi connectivity index (χ3n) is 9.16. The number of carbonyl (C=O) groups is 2. The first-order chi connectivity index (χ1) is 15.3. The van der Waals surface area contributed by atoms with Crippen molar-refractivity contribution in [3.8, 4) is 5.75 Å². The number of carbonyl (C=O) groups excluding carboxylic acids is 2. The van der Waals surface area contributed by atoms with Crippen LogP contribution in [0, 0.1) is 22.7 Å². The van der Waals surface area contributed by atoms with Gasteiger partial charge in [0.05, 0.1) is 5.02 Å². The molecule has 2 bridgehead atoms. The molecule has 3 saturated carbocycles. The van der Waals surface area contributed by atoms with E-state index >= 15 is 0 Å². The summed E-state index contributed by atoms with van der Waals surface area (Å²) < 4.78 is 5.53. The van der Waals surface area contributed by atoms with Crippen molar-refractivity contribution in [3.63, 3.8) is 0 Å². The second kappa shape index (κ2) is 8.09. The minimum atomic E-state index is -0.414. The van der Waals surface area contributed by atoms with E-state index in [0.29, 0.717) is 28.6 Å². The van der Waals surface area contributed by atoms with E-state index in [-0.39, 0.29) is 22.8 Å². The Morgan fingerprint density at radius 2 is 2.00 bits per heavy atom. The van der Waals surface area contributed by atoms with Crippen LogP contribution in [0.15, 0.2) is 36.4 Å². The fourth-order valence-corrected chi connectivity index (χ4v) is 7.75. The summed E-state index contributed by atoms with van der Waals surface area (Å²) in [4.78, 5) is 27.0. The zero-order valence-corrected chi connectivity index (χ0v) is 19.7. The van der Waals surface area contributed by atoms with E-state index in [2.05, 4.69) is 18.3 Å². The molecule has 1 N–H and O–H groups in total. The molecule has 4 aliphatic rings. The van der Waals surface area contributed by atoms with Gasteiger partial charge in [0.1, 0.15) is 0 Å². The Morgan fingerprint density at radius 3 is 2.81 bits per heavy atom. The Kier molecular flexibility index (Phi) is 5.51. The molecule has 6 atom stereocenters. The molecule has 32 heavy (non-hydrogen) atoms. The number of nitrogens with one attached hydrogen (secondary N) is 1. The molecule has 1 aromatic carbocycles. The predicted octanol–water partition coefficient (Wildman–Crippen LogP) is 5.58. The number of fused-ring (bicyclic) bond motifs is 3. The van der Waals surface area contributed by atoms with Crippen LogP contribution in [0.5, 0.6) is 5.75 Å². The molecule has 5 nitrogen and oxygen atoms in total. The lowest BCUT2D eigenvalue weighted by Crippen LogP contribution is -2.56. The number of rotatable bonds is 2. The highest BCUT2D eigenvalue weighted by Gasteiger charge is 2.56. The number of benzene rings is 1. The third-order valence-corrected chi connectivity index (χ3v) is 9.47. The van der Waals surface area contributed by atoms with Gasteiger partial charge < -0.3 is 15.0 Å². The second-order valence-corrected chi connectivity index (χ2v) is 11.0. The van der Waals surface area contributed by atoms with Gasteiger partial charge in [-0.2, -0.15) is 0 Å². The molecule has 0 unspecified atom stereocenters. The van der Waals surface area contributed by atoms with Crippen molar-refractivity contribution < 1.29 is 14.3 Å². The number of likely N-dealkylation sites (N-methyl/N-ethyl adjacent to an activating group) is 1. The first-order valence-electron chi connectivity index (χ1n) is 12.0. The van der Waals surface area contributed by atoms with Crippen LogP contribution in [0.1, 0.15) is 58.3 Å². The maximum atomic E-state index is 12.7. The zero-order valence-electron chi connectivity index (χ0n) is 19.0. The summed E-state index contributed by atoms with van der Waals surface area (Å²) in [5, 5.41) is 3.64. The Morgan fingerprint density at radius 1 is 1.19 bits per heavy atom. The molecule has 6 heteroatoms. The van der Waals surface area contributed by atoms with Crippen molar-refractivity contribution in [3.05, 3.63) is 41.4 Å². The van der Waals surface area contributed by atoms with Gasteiger partial charge in [0.15, 0.2) is 5.75 Å². The molecule has 5 rings (SSSR count). The van der Waals surface area contributed by atoms with Crippen molar-refractivity contribution in [2.75, 3.05) is 7.05 Å². The first-order valence-corrected chi connectivity index (χ1v) is 12.4. The monoisotopic (exact) mass is 456 g/mol. The summed E-state index contributed by atoms with van der Waals surface area (Å²) >= 11 is 6.16. The van der Waals surface area contributed by atoms with Crippen LogP contribution in [0.3, 0.4) is 0 Å². The highest BCUT2D eigenvalue weighted by molar-refractivity contribution is 6.32. The van der Waals surface area contributed by atoms with Gasteiger partial charge in [0, 0.05) is 24.5 Å². The maximum Gasteiger partial charge on any atom is 0.412 e. The lowest BCUT2D eigenvalue weighted by molar-refractivity contribution is -0.133. The van der Waals surface area contributed by atoms with Gasteiger partial charge >= 0.3 is 6.09 Å². The fraction of sp³-hybridized carbons (Fsp3) is 0.615. The Labute approximate surface area is 195 Å². The quantitative estimate of drug-likeness (QED) is 0.631.